The normalized spacial score (nSPS) is 10.4. The second kappa shape index (κ2) is 7.61. The van der Waals surface area contributed by atoms with Crippen LogP contribution in [0.2, 0.25) is 0 Å². The summed E-state index contributed by atoms with van der Waals surface area (Å²) in [5.41, 5.74) is -0.155. The predicted octanol–water partition coefficient (Wildman–Crippen LogP) is 2.62. The smallest absolute Gasteiger partial charge is 0.345 e. The Kier molecular flexibility index (Phi) is 5.53. The summed E-state index contributed by atoms with van der Waals surface area (Å²) in [4.78, 5) is 36.0. The van der Waals surface area contributed by atoms with Crippen molar-refractivity contribution in [2.45, 2.75) is 20.4 Å². The molecule has 0 atom stereocenters. The minimum absolute atomic E-state index is 0.179. The van der Waals surface area contributed by atoms with Crippen LogP contribution in [0.4, 0.5) is 5.69 Å². The van der Waals surface area contributed by atoms with E-state index in [9.17, 15) is 19.7 Å². The third kappa shape index (κ3) is 4.43. The fourth-order valence-corrected chi connectivity index (χ4v) is 2.27. The molecule has 1 aromatic carbocycles. The number of carbonyl (C=O) groups excluding carboxylic acids is 2. The Morgan fingerprint density at radius 3 is 2.56 bits per heavy atom. The van der Waals surface area contributed by atoms with Crippen LogP contribution in [-0.2, 0) is 16.1 Å². The van der Waals surface area contributed by atoms with E-state index < -0.39 is 23.4 Å². The van der Waals surface area contributed by atoms with Gasteiger partial charge in [0.05, 0.1) is 11.5 Å². The zero-order valence-corrected chi connectivity index (χ0v) is 14.1. The van der Waals surface area contributed by atoms with Crippen molar-refractivity contribution in [1.29, 1.82) is 0 Å². The zero-order valence-electron chi connectivity index (χ0n) is 14.1. The van der Waals surface area contributed by atoms with Crippen LogP contribution in [0.1, 0.15) is 27.4 Å². The number of nitro groups is 1. The molecule has 8 heteroatoms. The minimum atomic E-state index is -0.911. The van der Waals surface area contributed by atoms with Crippen molar-refractivity contribution in [3.05, 3.63) is 63.1 Å². The molecule has 0 bridgehead atoms. The number of hydrogen-bond acceptors (Lipinski definition) is 6. The highest BCUT2D eigenvalue weighted by molar-refractivity contribution is 5.95. The Bertz CT molecular complexity index is 811. The van der Waals surface area contributed by atoms with E-state index in [-0.39, 0.29) is 17.8 Å². The van der Waals surface area contributed by atoms with Gasteiger partial charge in [0.2, 0.25) is 0 Å². The van der Waals surface area contributed by atoms with Gasteiger partial charge in [-0.3, -0.25) is 14.9 Å². The Hall–Kier alpha value is -3.16. The molecule has 0 saturated heterocycles. The number of nitrogens with zero attached hydrogens (tertiary/aromatic N) is 2. The molecule has 0 unspecified atom stereocenters. The second-order valence-corrected chi connectivity index (χ2v) is 5.57. The Morgan fingerprint density at radius 2 is 1.96 bits per heavy atom. The van der Waals surface area contributed by atoms with Crippen LogP contribution >= 0.6 is 0 Å². The number of ether oxygens (including phenoxy) is 1. The number of carbonyl (C=O) groups is 2. The van der Waals surface area contributed by atoms with Gasteiger partial charge < -0.3 is 14.1 Å². The standard InChI is InChI=1S/C17H18N2O6/c1-11-5-4-6-14(16(11)19(22)23)17(21)24-10-15(20)18(3)9-13-8-7-12(2)25-13/h4-8H,9-10H2,1-3H3. The highest BCUT2D eigenvalue weighted by Crippen LogP contribution is 2.23. The molecule has 0 aliphatic rings. The monoisotopic (exact) mass is 346 g/mol. The second-order valence-electron chi connectivity index (χ2n) is 5.57. The molecule has 1 heterocycles. The predicted molar refractivity (Wildman–Crippen MR) is 88.0 cm³/mol. The molecule has 1 aromatic heterocycles. The largest absolute Gasteiger partial charge is 0.464 e. The maximum Gasteiger partial charge on any atom is 0.345 e. The highest BCUT2D eigenvalue weighted by Gasteiger charge is 2.24. The molecule has 0 spiro atoms. The summed E-state index contributed by atoms with van der Waals surface area (Å²) in [7, 11) is 1.54. The molecule has 8 nitrogen and oxygen atoms in total. The van der Waals surface area contributed by atoms with Crippen LogP contribution in [0.3, 0.4) is 0 Å². The van der Waals surface area contributed by atoms with Gasteiger partial charge in [0, 0.05) is 12.6 Å². The van der Waals surface area contributed by atoms with Crippen molar-refractivity contribution in [1.82, 2.24) is 4.90 Å². The fourth-order valence-electron chi connectivity index (χ4n) is 2.27. The lowest BCUT2D eigenvalue weighted by atomic mass is 10.1. The van der Waals surface area contributed by atoms with E-state index in [1.807, 2.05) is 0 Å². The SMILES string of the molecule is Cc1ccc(CN(C)C(=O)COC(=O)c2cccc(C)c2[N+](=O)[O-])o1. The average molecular weight is 346 g/mol. The Labute approximate surface area is 144 Å². The molecule has 25 heavy (non-hydrogen) atoms. The van der Waals surface area contributed by atoms with E-state index >= 15 is 0 Å². The van der Waals surface area contributed by atoms with Crippen molar-refractivity contribution in [2.75, 3.05) is 13.7 Å². The van der Waals surface area contributed by atoms with Crippen molar-refractivity contribution in [3.63, 3.8) is 0 Å². The number of rotatable bonds is 6. The summed E-state index contributed by atoms with van der Waals surface area (Å²) in [5, 5.41) is 11.1. The van der Waals surface area contributed by atoms with E-state index in [1.165, 1.54) is 30.0 Å². The first kappa shape index (κ1) is 18.2. The van der Waals surface area contributed by atoms with E-state index in [2.05, 4.69) is 0 Å². The Morgan fingerprint density at radius 1 is 1.24 bits per heavy atom. The molecule has 0 radical (unpaired) electrons. The lowest BCUT2D eigenvalue weighted by Gasteiger charge is -2.15. The van der Waals surface area contributed by atoms with E-state index in [0.29, 0.717) is 11.3 Å². The Balaban J connectivity index is 1.99. The number of para-hydroxylation sites is 1. The molecule has 0 aliphatic carbocycles. The van der Waals surface area contributed by atoms with Gasteiger partial charge >= 0.3 is 5.97 Å². The molecule has 2 rings (SSSR count). The topological polar surface area (TPSA) is 103 Å². The number of amides is 1. The lowest BCUT2D eigenvalue weighted by molar-refractivity contribution is -0.385. The van der Waals surface area contributed by atoms with Gasteiger partial charge in [0.1, 0.15) is 17.1 Å². The van der Waals surface area contributed by atoms with Gasteiger partial charge in [0.25, 0.3) is 11.6 Å². The summed E-state index contributed by atoms with van der Waals surface area (Å²) < 4.78 is 10.3. The summed E-state index contributed by atoms with van der Waals surface area (Å²) in [6.45, 7) is 3.04. The van der Waals surface area contributed by atoms with Crippen LogP contribution in [-0.4, -0.2) is 35.4 Å². The van der Waals surface area contributed by atoms with Gasteiger partial charge in [-0.2, -0.15) is 0 Å². The summed E-state index contributed by atoms with van der Waals surface area (Å²) in [6, 6.07) is 7.88. The molecule has 0 fully saturated rings. The van der Waals surface area contributed by atoms with Crippen LogP contribution in [0.5, 0.6) is 0 Å². The summed E-state index contributed by atoms with van der Waals surface area (Å²) in [5.74, 6) is -0.0215. The van der Waals surface area contributed by atoms with Crippen LogP contribution < -0.4 is 0 Å². The lowest BCUT2D eigenvalue weighted by Crippen LogP contribution is -2.30. The molecular formula is C17H18N2O6. The molecule has 0 aliphatic heterocycles. The molecule has 2 aromatic rings. The first-order valence-corrected chi connectivity index (χ1v) is 7.50. The number of benzene rings is 1. The maximum absolute atomic E-state index is 12.1. The minimum Gasteiger partial charge on any atom is -0.464 e. The molecular weight excluding hydrogens is 328 g/mol. The van der Waals surface area contributed by atoms with Crippen molar-refractivity contribution >= 4 is 17.6 Å². The fraction of sp³-hybridized carbons (Fsp3) is 0.294. The molecule has 0 saturated carbocycles. The summed E-state index contributed by atoms with van der Waals surface area (Å²) >= 11 is 0. The first-order chi connectivity index (χ1) is 11.8. The van der Waals surface area contributed by atoms with E-state index in [0.717, 1.165) is 5.76 Å². The van der Waals surface area contributed by atoms with Crippen molar-refractivity contribution in [3.8, 4) is 0 Å². The van der Waals surface area contributed by atoms with Gasteiger partial charge in [0.15, 0.2) is 6.61 Å². The molecule has 1 amide bonds. The van der Waals surface area contributed by atoms with Crippen LogP contribution in [0.25, 0.3) is 0 Å². The number of nitro benzene ring substituents is 1. The number of furan rings is 1. The van der Waals surface area contributed by atoms with E-state index in [1.54, 1.807) is 26.1 Å². The van der Waals surface area contributed by atoms with Crippen LogP contribution in [0.15, 0.2) is 34.7 Å². The third-order valence-corrected chi connectivity index (χ3v) is 3.58. The highest BCUT2D eigenvalue weighted by atomic mass is 16.6. The third-order valence-electron chi connectivity index (χ3n) is 3.58. The van der Waals surface area contributed by atoms with Gasteiger partial charge in [-0.05, 0) is 32.0 Å². The number of esters is 1. The molecule has 132 valence electrons. The number of likely N-dealkylation sites (N-methyl/N-ethyl adjacent to an activating group) is 1. The average Bonchev–Trinajstić information content (AvgIpc) is 2.96. The van der Waals surface area contributed by atoms with E-state index in [4.69, 9.17) is 9.15 Å². The number of aryl methyl sites for hydroxylation is 2. The van der Waals surface area contributed by atoms with Gasteiger partial charge in [-0.1, -0.05) is 12.1 Å². The quantitative estimate of drug-likeness (QED) is 0.452. The van der Waals surface area contributed by atoms with Gasteiger partial charge in [-0.15, -0.1) is 0 Å². The zero-order chi connectivity index (χ0) is 18.6. The van der Waals surface area contributed by atoms with Crippen LogP contribution in [0, 0.1) is 24.0 Å². The molecule has 0 N–H and O–H groups in total. The van der Waals surface area contributed by atoms with Gasteiger partial charge in [-0.25, -0.2) is 4.79 Å². The first-order valence-electron chi connectivity index (χ1n) is 7.50. The number of hydrogen-bond donors (Lipinski definition) is 0. The van der Waals surface area contributed by atoms with Crippen molar-refractivity contribution in [2.24, 2.45) is 0 Å². The summed E-state index contributed by atoms with van der Waals surface area (Å²) in [6.07, 6.45) is 0. The maximum atomic E-state index is 12.1. The van der Waals surface area contributed by atoms with Crippen molar-refractivity contribution < 1.29 is 23.7 Å².